The maximum absolute atomic E-state index is 11.6. The van der Waals surface area contributed by atoms with Gasteiger partial charge in [0.2, 0.25) is 0 Å². The van der Waals surface area contributed by atoms with E-state index in [2.05, 4.69) is 6.92 Å². The first-order chi connectivity index (χ1) is 4.27. The molecule has 0 saturated carbocycles. The fraction of sp³-hybridized carbons (Fsp3) is 1.00. The van der Waals surface area contributed by atoms with Crippen LogP contribution in [0.25, 0.3) is 0 Å². The summed E-state index contributed by atoms with van der Waals surface area (Å²) in [5.74, 6) is 0. The summed E-state index contributed by atoms with van der Waals surface area (Å²) in [4.78, 5) is 0.271. The van der Waals surface area contributed by atoms with Gasteiger partial charge in [-0.25, -0.2) is 0 Å². The van der Waals surface area contributed by atoms with Crippen LogP contribution in [-0.4, -0.2) is 17.2 Å². The molecule has 0 N–H and O–H groups in total. The first-order valence-electron chi connectivity index (χ1n) is 3.55. The van der Waals surface area contributed by atoms with Gasteiger partial charge in [0.15, 0.2) is 0 Å². The quantitative estimate of drug-likeness (QED) is 0.464. The van der Waals surface area contributed by atoms with Crippen molar-refractivity contribution in [1.82, 2.24) is 0 Å². The second-order valence-corrected chi connectivity index (χ2v) is 5.09. The van der Waals surface area contributed by atoms with E-state index in [1.165, 1.54) is 0 Å². The number of halogens is 2. The number of hydrogen-bond acceptors (Lipinski definition) is 0. The molecule has 0 aromatic carbocycles. The molecule has 0 aliphatic heterocycles. The molecule has 0 unspecified atom stereocenters. The third-order valence-corrected chi connectivity index (χ3v) is 3.05. The Kier molecular flexibility index (Phi) is 6.98. The summed E-state index contributed by atoms with van der Waals surface area (Å²) < 4.78 is 23.3. The van der Waals surface area contributed by atoms with Crippen LogP contribution in [0.3, 0.4) is 0 Å². The topological polar surface area (TPSA) is 0 Å². The van der Waals surface area contributed by atoms with Crippen molar-refractivity contribution in [2.24, 2.45) is 0 Å². The minimum atomic E-state index is -3.60. The van der Waals surface area contributed by atoms with Gasteiger partial charge in [-0.05, 0) is 0 Å². The van der Waals surface area contributed by atoms with Crippen molar-refractivity contribution in [3.05, 3.63) is 0 Å². The summed E-state index contributed by atoms with van der Waals surface area (Å²) in [6.45, 7) is 2.09. The Balaban J connectivity index is 2.75. The predicted octanol–water partition coefficient (Wildman–Crippen LogP) is 2.99. The van der Waals surface area contributed by atoms with Crippen LogP contribution in [0.15, 0.2) is 0 Å². The van der Waals surface area contributed by atoms with E-state index in [-0.39, 0.29) is 4.98 Å². The maximum atomic E-state index is 11.6. The summed E-state index contributed by atoms with van der Waals surface area (Å²) in [5.41, 5.74) is 0. The standard InChI is InChI=1S/C6H13.2FH.Ga/c1-3-5-6-4-2;;;/h1,3-6H2,2H3;2*1H;/q;;;+2/p-2. The fourth-order valence-electron chi connectivity index (χ4n) is 0.725. The first kappa shape index (κ1) is 9.50. The molecule has 0 atom stereocenters. The Morgan fingerprint density at radius 3 is 2.22 bits per heavy atom. The summed E-state index contributed by atoms with van der Waals surface area (Å²) in [6.07, 6.45) is 4.03. The molecule has 0 aromatic heterocycles. The zero-order chi connectivity index (χ0) is 7.11. The third-order valence-electron chi connectivity index (χ3n) is 1.28. The van der Waals surface area contributed by atoms with Gasteiger partial charge in [-0.1, -0.05) is 0 Å². The van der Waals surface area contributed by atoms with E-state index in [0.29, 0.717) is 0 Å². The molecule has 0 aliphatic rings. The van der Waals surface area contributed by atoms with Crippen LogP contribution < -0.4 is 0 Å². The molecule has 0 radical (unpaired) electrons. The Bertz CT molecular complexity index is 57.0. The van der Waals surface area contributed by atoms with Crippen LogP contribution in [0.4, 0.5) is 6.57 Å². The van der Waals surface area contributed by atoms with E-state index in [4.69, 9.17) is 0 Å². The van der Waals surface area contributed by atoms with Gasteiger partial charge in [0, 0.05) is 0 Å². The van der Waals surface area contributed by atoms with E-state index < -0.39 is 17.2 Å². The van der Waals surface area contributed by atoms with E-state index >= 15 is 0 Å². The van der Waals surface area contributed by atoms with E-state index in [1.807, 2.05) is 0 Å². The Morgan fingerprint density at radius 1 is 1.11 bits per heavy atom. The van der Waals surface area contributed by atoms with Gasteiger partial charge < -0.3 is 0 Å². The van der Waals surface area contributed by atoms with Crippen LogP contribution in [0.5, 0.6) is 0 Å². The summed E-state index contributed by atoms with van der Waals surface area (Å²) in [7, 11) is 0. The normalized spacial score (nSPS) is 9.67. The predicted molar refractivity (Wildman–Crippen MR) is 36.9 cm³/mol. The molecular weight excluding hydrogens is 180 g/mol. The third kappa shape index (κ3) is 8.50. The van der Waals surface area contributed by atoms with Gasteiger partial charge in [0.05, 0.1) is 0 Å². The minimum absolute atomic E-state index is 0.271. The van der Waals surface area contributed by atoms with Crippen LogP contribution >= 0.6 is 0 Å². The van der Waals surface area contributed by atoms with Crippen LogP contribution in [-0.2, 0) is 0 Å². The molecule has 9 heavy (non-hydrogen) atoms. The average Bonchev–Trinajstić information content (AvgIpc) is 1.80. The first-order valence-corrected chi connectivity index (χ1v) is 7.10. The molecule has 54 valence electrons. The fourth-order valence-corrected chi connectivity index (χ4v) is 1.98. The van der Waals surface area contributed by atoms with Gasteiger partial charge in [0.1, 0.15) is 0 Å². The molecule has 0 fully saturated rings. The molecule has 0 aliphatic carbocycles. The molecule has 3 heteroatoms. The molecule has 0 nitrogen and oxygen atoms in total. The van der Waals surface area contributed by atoms with E-state index in [1.54, 1.807) is 0 Å². The Labute approximate surface area is 61.8 Å². The average molecular weight is 193 g/mol. The number of hydrogen-bond donors (Lipinski definition) is 0. The molecule has 0 aromatic rings. The zero-order valence-corrected chi connectivity index (χ0v) is 8.29. The number of rotatable bonds is 5. The number of unbranched alkanes of at least 4 members (excludes halogenated alkanes) is 3. The van der Waals surface area contributed by atoms with Gasteiger partial charge in [-0.3, -0.25) is 0 Å². The SMILES string of the molecule is CCCCC[CH2][Ga]([F])[F]. The summed E-state index contributed by atoms with van der Waals surface area (Å²) in [6, 6.07) is 0. The van der Waals surface area contributed by atoms with Crippen LogP contribution in [0.1, 0.15) is 32.6 Å². The second-order valence-electron chi connectivity index (χ2n) is 2.24. The van der Waals surface area contributed by atoms with Crippen molar-refractivity contribution in [2.75, 3.05) is 0 Å². The molecule has 0 saturated heterocycles. The van der Waals surface area contributed by atoms with Crippen molar-refractivity contribution in [3.8, 4) is 0 Å². The van der Waals surface area contributed by atoms with Gasteiger partial charge >= 0.3 is 61.4 Å². The monoisotopic (exact) mass is 192 g/mol. The van der Waals surface area contributed by atoms with Crippen molar-refractivity contribution in [3.63, 3.8) is 0 Å². The van der Waals surface area contributed by atoms with Crippen molar-refractivity contribution in [1.29, 1.82) is 0 Å². The van der Waals surface area contributed by atoms with Gasteiger partial charge in [0.25, 0.3) is 0 Å². The summed E-state index contributed by atoms with van der Waals surface area (Å²) >= 11 is -3.60. The van der Waals surface area contributed by atoms with Crippen LogP contribution in [0.2, 0.25) is 4.98 Å². The van der Waals surface area contributed by atoms with Crippen LogP contribution in [0, 0.1) is 0 Å². The molecule has 0 amide bonds. The summed E-state index contributed by atoms with van der Waals surface area (Å²) in [5, 5.41) is 0. The van der Waals surface area contributed by atoms with Crippen molar-refractivity contribution >= 4 is 17.2 Å². The van der Waals surface area contributed by atoms with Crippen molar-refractivity contribution in [2.45, 2.75) is 37.6 Å². The van der Waals surface area contributed by atoms with Gasteiger partial charge in [-0.2, -0.15) is 0 Å². The van der Waals surface area contributed by atoms with E-state index in [0.717, 1.165) is 25.7 Å². The molecule has 0 heterocycles. The van der Waals surface area contributed by atoms with E-state index in [9.17, 15) is 6.57 Å². The molecule has 0 spiro atoms. The second kappa shape index (κ2) is 6.61. The van der Waals surface area contributed by atoms with Crippen molar-refractivity contribution < 1.29 is 6.57 Å². The zero-order valence-electron chi connectivity index (χ0n) is 5.87. The van der Waals surface area contributed by atoms with Gasteiger partial charge in [-0.15, -0.1) is 0 Å². The Morgan fingerprint density at radius 2 is 1.78 bits per heavy atom. The molecule has 0 rings (SSSR count). The Hall–Kier alpha value is 0.496. The molecule has 0 bridgehead atoms. The molecular formula is C6H13F2Ga.